The fourth-order valence-electron chi connectivity index (χ4n) is 2.47. The van der Waals surface area contributed by atoms with Gasteiger partial charge >= 0.3 is 6.03 Å². The van der Waals surface area contributed by atoms with Gasteiger partial charge in [-0.05, 0) is 48.5 Å². The first-order valence-electron chi connectivity index (χ1n) is 8.95. The van der Waals surface area contributed by atoms with Crippen molar-refractivity contribution in [3.8, 4) is 0 Å². The summed E-state index contributed by atoms with van der Waals surface area (Å²) in [7, 11) is 0. The molecule has 2 aromatic carbocycles. The predicted octanol–water partition coefficient (Wildman–Crippen LogP) is 3.08. The fraction of sp³-hybridized carbons (Fsp3) is 0.0952. The molecule has 0 saturated carbocycles. The predicted molar refractivity (Wildman–Crippen MR) is 109 cm³/mol. The zero-order chi connectivity index (χ0) is 20.5. The average Bonchev–Trinajstić information content (AvgIpc) is 3.27. The van der Waals surface area contributed by atoms with E-state index in [1.807, 2.05) is 18.2 Å². The van der Waals surface area contributed by atoms with E-state index in [0.29, 0.717) is 16.9 Å². The smallest absolute Gasteiger partial charge is 0.323 e. The monoisotopic (exact) mass is 392 g/mol. The van der Waals surface area contributed by atoms with Crippen LogP contribution in [0.2, 0.25) is 0 Å². The van der Waals surface area contributed by atoms with Gasteiger partial charge in [-0.2, -0.15) is 0 Å². The Kier molecular flexibility index (Phi) is 6.62. The van der Waals surface area contributed by atoms with Gasteiger partial charge in [0.2, 0.25) is 0 Å². The number of carbonyl (C=O) groups is 3. The number of nitrogens with one attached hydrogen (secondary N) is 4. The highest BCUT2D eigenvalue weighted by Gasteiger charge is 2.09. The van der Waals surface area contributed by atoms with Crippen LogP contribution in [0.25, 0.3) is 0 Å². The van der Waals surface area contributed by atoms with Crippen LogP contribution < -0.4 is 21.3 Å². The van der Waals surface area contributed by atoms with Crippen LogP contribution in [0.3, 0.4) is 0 Å². The quantitative estimate of drug-likeness (QED) is 0.463. The second kappa shape index (κ2) is 9.75. The third kappa shape index (κ3) is 5.96. The number of para-hydroxylation sites is 1. The molecular weight excluding hydrogens is 372 g/mol. The minimum absolute atomic E-state index is 0.218. The van der Waals surface area contributed by atoms with Gasteiger partial charge in [0, 0.05) is 30.0 Å². The largest absolute Gasteiger partial charge is 0.459 e. The molecule has 0 atom stereocenters. The van der Waals surface area contributed by atoms with Gasteiger partial charge in [-0.1, -0.05) is 18.2 Å². The Balaban J connectivity index is 1.41. The molecule has 0 spiro atoms. The van der Waals surface area contributed by atoms with Gasteiger partial charge in [0.15, 0.2) is 5.76 Å². The number of urea groups is 1. The van der Waals surface area contributed by atoms with Crippen LogP contribution in [-0.4, -0.2) is 30.9 Å². The zero-order valence-corrected chi connectivity index (χ0v) is 15.5. The molecule has 0 aliphatic carbocycles. The fourth-order valence-corrected chi connectivity index (χ4v) is 2.47. The van der Waals surface area contributed by atoms with Crippen molar-refractivity contribution in [3.63, 3.8) is 0 Å². The summed E-state index contributed by atoms with van der Waals surface area (Å²) in [5, 5.41) is 10.8. The maximum Gasteiger partial charge on any atom is 0.323 e. The van der Waals surface area contributed by atoms with E-state index in [1.54, 1.807) is 48.5 Å². The lowest BCUT2D eigenvalue weighted by molar-refractivity contribution is 0.0910. The molecule has 0 bridgehead atoms. The van der Waals surface area contributed by atoms with Gasteiger partial charge in [0.1, 0.15) is 0 Å². The maximum absolute atomic E-state index is 12.2. The van der Waals surface area contributed by atoms with Crippen LogP contribution in [0.4, 0.5) is 16.2 Å². The normalized spacial score (nSPS) is 10.1. The molecule has 0 saturated heterocycles. The summed E-state index contributed by atoms with van der Waals surface area (Å²) in [6.45, 7) is 0.537. The molecule has 3 rings (SSSR count). The minimum atomic E-state index is -0.374. The van der Waals surface area contributed by atoms with Crippen molar-refractivity contribution in [2.75, 3.05) is 23.7 Å². The molecule has 148 valence electrons. The maximum atomic E-state index is 12.2. The summed E-state index contributed by atoms with van der Waals surface area (Å²) in [6, 6.07) is 18.4. The van der Waals surface area contributed by atoms with E-state index in [4.69, 9.17) is 4.42 Å². The summed E-state index contributed by atoms with van der Waals surface area (Å²) in [5.41, 5.74) is 1.68. The molecule has 8 heteroatoms. The van der Waals surface area contributed by atoms with Crippen LogP contribution in [0.1, 0.15) is 20.9 Å². The molecule has 0 aliphatic rings. The lowest BCUT2D eigenvalue weighted by Crippen LogP contribution is -2.34. The lowest BCUT2D eigenvalue weighted by Gasteiger charge is -2.09. The van der Waals surface area contributed by atoms with Gasteiger partial charge in [0.05, 0.1) is 6.26 Å². The molecule has 4 amide bonds. The van der Waals surface area contributed by atoms with Gasteiger partial charge in [-0.25, -0.2) is 4.79 Å². The lowest BCUT2D eigenvalue weighted by atomic mass is 10.2. The minimum Gasteiger partial charge on any atom is -0.459 e. The summed E-state index contributed by atoms with van der Waals surface area (Å²) in [4.78, 5) is 35.8. The number of rotatable bonds is 7. The number of furan rings is 1. The highest BCUT2D eigenvalue weighted by molar-refractivity contribution is 6.00. The SMILES string of the molecule is O=C(Nc1ccccc1)Nc1ccc(C(=O)NCCNC(=O)c2ccco2)cc1. The highest BCUT2D eigenvalue weighted by atomic mass is 16.3. The molecule has 4 N–H and O–H groups in total. The van der Waals surface area contributed by atoms with E-state index in [2.05, 4.69) is 21.3 Å². The topological polar surface area (TPSA) is 112 Å². The molecule has 3 aromatic rings. The second-order valence-electron chi connectivity index (χ2n) is 6.01. The van der Waals surface area contributed by atoms with Crippen molar-refractivity contribution in [1.29, 1.82) is 0 Å². The van der Waals surface area contributed by atoms with Gasteiger partial charge in [-0.3, -0.25) is 9.59 Å². The number of carbonyl (C=O) groups excluding carboxylic acids is 3. The molecule has 1 heterocycles. The Bertz CT molecular complexity index is 954. The van der Waals surface area contributed by atoms with Crippen molar-refractivity contribution in [2.45, 2.75) is 0 Å². The van der Waals surface area contributed by atoms with E-state index in [1.165, 1.54) is 6.26 Å². The van der Waals surface area contributed by atoms with E-state index in [0.717, 1.165) is 0 Å². The van der Waals surface area contributed by atoms with Crippen LogP contribution in [0.5, 0.6) is 0 Å². The summed E-state index contributed by atoms with van der Waals surface area (Å²) >= 11 is 0. The van der Waals surface area contributed by atoms with Gasteiger partial charge in [0.25, 0.3) is 11.8 Å². The Labute approximate surface area is 167 Å². The van der Waals surface area contributed by atoms with Crippen LogP contribution >= 0.6 is 0 Å². The second-order valence-corrected chi connectivity index (χ2v) is 6.01. The van der Waals surface area contributed by atoms with E-state index >= 15 is 0 Å². The average molecular weight is 392 g/mol. The molecule has 29 heavy (non-hydrogen) atoms. The van der Waals surface area contributed by atoms with Crippen LogP contribution in [-0.2, 0) is 0 Å². The molecule has 1 aromatic heterocycles. The molecule has 0 unspecified atom stereocenters. The standard InChI is InChI=1S/C21H20N4O4/c26-19(22-12-13-23-20(27)18-7-4-14-29-18)15-8-10-17(11-9-15)25-21(28)24-16-5-2-1-3-6-16/h1-11,14H,12-13H2,(H,22,26)(H,23,27)(H2,24,25,28). The summed E-state index contributed by atoms with van der Waals surface area (Å²) in [5.74, 6) is -0.401. The van der Waals surface area contributed by atoms with Crippen molar-refractivity contribution in [3.05, 3.63) is 84.3 Å². The molecule has 8 nitrogen and oxygen atoms in total. The van der Waals surface area contributed by atoms with E-state index in [-0.39, 0.29) is 36.7 Å². The highest BCUT2D eigenvalue weighted by Crippen LogP contribution is 2.11. The number of anilines is 2. The molecule has 0 radical (unpaired) electrons. The van der Waals surface area contributed by atoms with Crippen molar-refractivity contribution in [2.24, 2.45) is 0 Å². The molecular formula is C21H20N4O4. The molecule has 0 aliphatic heterocycles. The van der Waals surface area contributed by atoms with Crippen LogP contribution in [0, 0.1) is 0 Å². The van der Waals surface area contributed by atoms with Gasteiger partial charge < -0.3 is 25.7 Å². The first kappa shape index (κ1) is 19.7. The Hall–Kier alpha value is -4.07. The molecule has 0 fully saturated rings. The summed E-state index contributed by atoms with van der Waals surface area (Å²) < 4.78 is 4.98. The first-order chi connectivity index (χ1) is 14.1. The van der Waals surface area contributed by atoms with Crippen molar-refractivity contribution >= 4 is 29.2 Å². The summed E-state index contributed by atoms with van der Waals surface area (Å²) in [6.07, 6.45) is 1.42. The number of hydrogen-bond acceptors (Lipinski definition) is 4. The third-order valence-corrected chi connectivity index (χ3v) is 3.88. The van der Waals surface area contributed by atoms with Crippen molar-refractivity contribution < 1.29 is 18.8 Å². The first-order valence-corrected chi connectivity index (χ1v) is 8.95. The van der Waals surface area contributed by atoms with E-state index < -0.39 is 0 Å². The van der Waals surface area contributed by atoms with Crippen LogP contribution in [0.15, 0.2) is 77.4 Å². The third-order valence-electron chi connectivity index (χ3n) is 3.88. The number of hydrogen-bond donors (Lipinski definition) is 4. The number of amides is 4. The number of benzene rings is 2. The zero-order valence-electron chi connectivity index (χ0n) is 15.5. The Morgan fingerprint density at radius 3 is 1.93 bits per heavy atom. The van der Waals surface area contributed by atoms with E-state index in [9.17, 15) is 14.4 Å². The Morgan fingerprint density at radius 1 is 0.690 bits per heavy atom. The van der Waals surface area contributed by atoms with Gasteiger partial charge in [-0.15, -0.1) is 0 Å². The van der Waals surface area contributed by atoms with Crippen molar-refractivity contribution in [1.82, 2.24) is 10.6 Å². The Morgan fingerprint density at radius 2 is 1.31 bits per heavy atom.